The van der Waals surface area contributed by atoms with Gasteiger partial charge in [0.2, 0.25) is 11.8 Å². The molecule has 108 valence electrons. The summed E-state index contributed by atoms with van der Waals surface area (Å²) in [4.78, 5) is 27.3. The Labute approximate surface area is 113 Å². The van der Waals surface area contributed by atoms with Gasteiger partial charge in [-0.2, -0.15) is 0 Å². The second-order valence-electron chi connectivity index (χ2n) is 5.97. The van der Waals surface area contributed by atoms with Gasteiger partial charge in [0.15, 0.2) is 0 Å². The second-order valence-corrected chi connectivity index (χ2v) is 5.97. The fourth-order valence-electron chi connectivity index (χ4n) is 2.76. The van der Waals surface area contributed by atoms with Crippen molar-refractivity contribution in [2.45, 2.75) is 32.5 Å². The maximum atomic E-state index is 12.2. The number of amides is 2. The lowest BCUT2D eigenvalue weighted by Gasteiger charge is -2.21. The van der Waals surface area contributed by atoms with Crippen LogP contribution in [0.25, 0.3) is 0 Å². The Morgan fingerprint density at radius 2 is 1.84 bits per heavy atom. The van der Waals surface area contributed by atoms with Crippen molar-refractivity contribution >= 4 is 11.8 Å². The average Bonchev–Trinajstić information content (AvgIpc) is 2.83. The lowest BCUT2D eigenvalue weighted by atomic mass is 10.1. The van der Waals surface area contributed by atoms with E-state index in [1.807, 2.05) is 13.8 Å². The Morgan fingerprint density at radius 1 is 1.26 bits per heavy atom. The molecule has 0 bridgehead atoms. The number of carbonyl (C=O) groups is 2. The van der Waals surface area contributed by atoms with Gasteiger partial charge in [-0.1, -0.05) is 13.8 Å². The van der Waals surface area contributed by atoms with E-state index < -0.39 is 12.2 Å². The summed E-state index contributed by atoms with van der Waals surface area (Å²) in [7, 11) is 0. The zero-order valence-corrected chi connectivity index (χ0v) is 11.5. The van der Waals surface area contributed by atoms with Gasteiger partial charge in [0.25, 0.3) is 0 Å². The molecular formula is C13H22N2O4. The summed E-state index contributed by atoms with van der Waals surface area (Å²) in [6, 6.07) is 0. The predicted octanol–water partition coefficient (Wildman–Crippen LogP) is -0.945. The minimum atomic E-state index is -0.868. The van der Waals surface area contributed by atoms with Gasteiger partial charge in [0.1, 0.15) is 0 Å². The third-order valence-corrected chi connectivity index (χ3v) is 3.72. The molecule has 0 aromatic heterocycles. The van der Waals surface area contributed by atoms with Crippen LogP contribution in [0.4, 0.5) is 0 Å². The lowest BCUT2D eigenvalue weighted by molar-refractivity contribution is -0.135. The molecule has 2 amide bonds. The number of hydrogen-bond donors (Lipinski definition) is 2. The van der Waals surface area contributed by atoms with E-state index in [2.05, 4.69) is 0 Å². The first-order valence-electron chi connectivity index (χ1n) is 6.81. The van der Waals surface area contributed by atoms with Gasteiger partial charge in [0, 0.05) is 32.6 Å². The Hall–Kier alpha value is -1.14. The molecule has 0 aliphatic carbocycles. The van der Waals surface area contributed by atoms with Crippen LogP contribution in [-0.4, -0.2) is 70.2 Å². The van der Waals surface area contributed by atoms with Gasteiger partial charge in [-0.3, -0.25) is 9.59 Å². The van der Waals surface area contributed by atoms with Crippen molar-refractivity contribution < 1.29 is 19.8 Å². The van der Waals surface area contributed by atoms with Gasteiger partial charge in [-0.15, -0.1) is 0 Å². The van der Waals surface area contributed by atoms with Crippen molar-refractivity contribution in [2.75, 3.05) is 26.2 Å². The molecule has 0 aromatic carbocycles. The molecule has 2 aliphatic heterocycles. The van der Waals surface area contributed by atoms with Gasteiger partial charge in [-0.05, 0) is 5.92 Å². The third kappa shape index (κ3) is 3.06. The van der Waals surface area contributed by atoms with Gasteiger partial charge >= 0.3 is 0 Å². The zero-order chi connectivity index (χ0) is 14.2. The van der Waals surface area contributed by atoms with E-state index in [-0.39, 0.29) is 37.2 Å². The van der Waals surface area contributed by atoms with Crippen molar-refractivity contribution in [1.82, 2.24) is 9.80 Å². The molecular weight excluding hydrogens is 248 g/mol. The Balaban J connectivity index is 1.93. The summed E-state index contributed by atoms with van der Waals surface area (Å²) in [5, 5.41) is 18.9. The van der Waals surface area contributed by atoms with Crippen LogP contribution in [0.3, 0.4) is 0 Å². The molecule has 0 aromatic rings. The lowest BCUT2D eigenvalue weighted by Crippen LogP contribution is -2.37. The number of aliphatic hydroxyl groups excluding tert-OH is 2. The first kappa shape index (κ1) is 14.3. The molecule has 2 heterocycles. The summed E-state index contributed by atoms with van der Waals surface area (Å²) >= 11 is 0. The van der Waals surface area contributed by atoms with Crippen molar-refractivity contribution in [3.8, 4) is 0 Å². The molecule has 6 heteroatoms. The monoisotopic (exact) mass is 270 g/mol. The molecule has 0 spiro atoms. The van der Waals surface area contributed by atoms with Crippen LogP contribution in [0, 0.1) is 11.8 Å². The fourth-order valence-corrected chi connectivity index (χ4v) is 2.76. The Bertz CT molecular complexity index is 362. The van der Waals surface area contributed by atoms with Gasteiger partial charge in [-0.25, -0.2) is 0 Å². The molecule has 3 unspecified atom stereocenters. The van der Waals surface area contributed by atoms with Crippen LogP contribution >= 0.6 is 0 Å². The first-order valence-corrected chi connectivity index (χ1v) is 6.81. The van der Waals surface area contributed by atoms with Crippen LogP contribution in [0.1, 0.15) is 20.3 Å². The highest BCUT2D eigenvalue weighted by Gasteiger charge is 2.40. The fraction of sp³-hybridized carbons (Fsp3) is 0.846. The topological polar surface area (TPSA) is 81.1 Å². The maximum Gasteiger partial charge on any atom is 0.228 e. The van der Waals surface area contributed by atoms with E-state index >= 15 is 0 Å². The zero-order valence-electron chi connectivity index (χ0n) is 11.5. The Kier molecular flexibility index (Phi) is 4.10. The highest BCUT2D eigenvalue weighted by atomic mass is 16.3. The summed E-state index contributed by atoms with van der Waals surface area (Å²) < 4.78 is 0. The standard InChI is InChI=1S/C13H22N2O4/c1-8(2)4-14-5-9(3-12(14)18)13(19)15-6-10(16)11(17)7-15/h8-11,16-17H,3-7H2,1-2H3. The summed E-state index contributed by atoms with van der Waals surface area (Å²) in [6.07, 6.45) is -1.49. The molecule has 2 aliphatic rings. The van der Waals surface area contributed by atoms with Gasteiger partial charge in [0.05, 0.1) is 18.1 Å². The molecule has 3 atom stereocenters. The van der Waals surface area contributed by atoms with Crippen LogP contribution < -0.4 is 0 Å². The molecule has 2 N–H and O–H groups in total. The molecule has 2 rings (SSSR count). The summed E-state index contributed by atoms with van der Waals surface area (Å²) in [6.45, 7) is 5.53. The third-order valence-electron chi connectivity index (χ3n) is 3.72. The molecule has 19 heavy (non-hydrogen) atoms. The van der Waals surface area contributed by atoms with Crippen molar-refractivity contribution in [1.29, 1.82) is 0 Å². The number of likely N-dealkylation sites (tertiary alicyclic amines) is 2. The largest absolute Gasteiger partial charge is 0.388 e. The van der Waals surface area contributed by atoms with E-state index in [9.17, 15) is 19.8 Å². The SMILES string of the molecule is CC(C)CN1CC(C(=O)N2CC(O)C(O)C2)CC1=O. The quantitative estimate of drug-likeness (QED) is 0.693. The second kappa shape index (κ2) is 5.46. The number of hydrogen-bond acceptors (Lipinski definition) is 4. The molecule has 2 fully saturated rings. The van der Waals surface area contributed by atoms with E-state index in [1.165, 1.54) is 4.90 Å². The average molecular weight is 270 g/mol. The van der Waals surface area contributed by atoms with Crippen molar-refractivity contribution in [3.63, 3.8) is 0 Å². The number of β-amino-alcohol motifs (C(OH)–C–C–N with tert-alkyl or cyclic N) is 2. The minimum Gasteiger partial charge on any atom is -0.388 e. The Morgan fingerprint density at radius 3 is 2.37 bits per heavy atom. The van der Waals surface area contributed by atoms with E-state index in [4.69, 9.17) is 0 Å². The van der Waals surface area contributed by atoms with E-state index in [0.717, 1.165) is 0 Å². The number of carbonyl (C=O) groups excluding carboxylic acids is 2. The summed E-state index contributed by atoms with van der Waals surface area (Å²) in [5.41, 5.74) is 0. The summed E-state index contributed by atoms with van der Waals surface area (Å²) in [5.74, 6) is -0.0560. The van der Waals surface area contributed by atoms with Crippen LogP contribution in [-0.2, 0) is 9.59 Å². The van der Waals surface area contributed by atoms with Crippen LogP contribution in [0.2, 0.25) is 0 Å². The molecule has 0 radical (unpaired) electrons. The number of rotatable bonds is 3. The molecule has 6 nitrogen and oxygen atoms in total. The van der Waals surface area contributed by atoms with Gasteiger partial charge < -0.3 is 20.0 Å². The predicted molar refractivity (Wildman–Crippen MR) is 68.1 cm³/mol. The molecule has 0 saturated carbocycles. The van der Waals surface area contributed by atoms with Crippen LogP contribution in [0.5, 0.6) is 0 Å². The minimum absolute atomic E-state index is 0.0207. The van der Waals surface area contributed by atoms with E-state index in [1.54, 1.807) is 4.90 Å². The normalized spacial score (nSPS) is 31.6. The maximum absolute atomic E-state index is 12.2. The van der Waals surface area contributed by atoms with Crippen molar-refractivity contribution in [3.05, 3.63) is 0 Å². The van der Waals surface area contributed by atoms with E-state index in [0.29, 0.717) is 19.0 Å². The number of aliphatic hydroxyl groups is 2. The number of nitrogens with zero attached hydrogens (tertiary/aromatic N) is 2. The highest BCUT2D eigenvalue weighted by molar-refractivity contribution is 5.89. The van der Waals surface area contributed by atoms with Crippen LogP contribution in [0.15, 0.2) is 0 Å². The highest BCUT2D eigenvalue weighted by Crippen LogP contribution is 2.23. The first-order chi connectivity index (χ1) is 8.88. The van der Waals surface area contributed by atoms with Crippen molar-refractivity contribution in [2.24, 2.45) is 11.8 Å². The smallest absolute Gasteiger partial charge is 0.228 e. The molecule has 2 saturated heterocycles.